The number of ether oxygens (including phenoxy) is 1. The molecule has 0 aromatic rings. The van der Waals surface area contributed by atoms with E-state index in [-0.39, 0.29) is 5.92 Å². The minimum absolute atomic E-state index is 0.0868. The van der Waals surface area contributed by atoms with Crippen molar-refractivity contribution in [2.45, 2.75) is 25.4 Å². The minimum atomic E-state index is -1.03. The van der Waals surface area contributed by atoms with Crippen LogP contribution in [0.3, 0.4) is 0 Å². The van der Waals surface area contributed by atoms with Gasteiger partial charge in [-0.1, -0.05) is 0 Å². The maximum Gasteiger partial charge on any atom is 0.336 e. The van der Waals surface area contributed by atoms with Gasteiger partial charge in [-0.25, -0.2) is 4.79 Å². The van der Waals surface area contributed by atoms with Crippen molar-refractivity contribution < 1.29 is 14.6 Å². The van der Waals surface area contributed by atoms with E-state index in [0.717, 1.165) is 25.9 Å². The first-order valence-electron chi connectivity index (χ1n) is 4.97. The number of piperidine rings is 1. The Morgan fingerprint density at radius 3 is 2.71 bits per heavy atom. The molecule has 1 fully saturated rings. The monoisotopic (exact) mass is 201 g/mol. The molecular weight excluding hydrogens is 182 g/mol. The molecule has 14 heavy (non-hydrogen) atoms. The van der Waals surface area contributed by atoms with Gasteiger partial charge < -0.3 is 14.7 Å². The highest BCUT2D eigenvalue weighted by Crippen LogP contribution is 2.29. The van der Waals surface area contributed by atoms with Gasteiger partial charge in [0.15, 0.2) is 5.60 Å². The van der Waals surface area contributed by atoms with Gasteiger partial charge in [0.05, 0.1) is 0 Å². The van der Waals surface area contributed by atoms with E-state index in [4.69, 9.17) is 9.84 Å². The smallest absolute Gasteiger partial charge is 0.336 e. The summed E-state index contributed by atoms with van der Waals surface area (Å²) >= 11 is 0. The van der Waals surface area contributed by atoms with E-state index in [1.54, 1.807) is 6.92 Å². The van der Waals surface area contributed by atoms with Crippen LogP contribution in [0.25, 0.3) is 0 Å². The molecule has 0 spiro atoms. The van der Waals surface area contributed by atoms with Crippen LogP contribution < -0.4 is 0 Å². The molecule has 0 aromatic carbocycles. The summed E-state index contributed by atoms with van der Waals surface area (Å²) in [6, 6.07) is 0. The average Bonchev–Trinajstić information content (AvgIpc) is 2.16. The second-order valence-corrected chi connectivity index (χ2v) is 4.22. The number of carbonyl (C=O) groups is 1. The molecule has 4 nitrogen and oxygen atoms in total. The summed E-state index contributed by atoms with van der Waals surface area (Å²) in [5, 5.41) is 9.13. The summed E-state index contributed by atoms with van der Waals surface area (Å²) < 4.78 is 5.16. The van der Waals surface area contributed by atoms with Crippen LogP contribution in [-0.4, -0.2) is 48.8 Å². The number of carboxylic acids is 1. The molecule has 2 unspecified atom stereocenters. The lowest BCUT2D eigenvalue weighted by atomic mass is 9.83. The molecule has 2 atom stereocenters. The molecule has 0 amide bonds. The third kappa shape index (κ3) is 2.07. The van der Waals surface area contributed by atoms with Gasteiger partial charge >= 0.3 is 5.97 Å². The van der Waals surface area contributed by atoms with Gasteiger partial charge in [-0.15, -0.1) is 0 Å². The zero-order chi connectivity index (χ0) is 10.8. The predicted octanol–water partition coefficient (Wildman–Crippen LogP) is 0.818. The Morgan fingerprint density at radius 2 is 2.29 bits per heavy atom. The van der Waals surface area contributed by atoms with Gasteiger partial charge in [-0.2, -0.15) is 0 Å². The molecule has 1 aliphatic rings. The molecule has 0 bridgehead atoms. The lowest BCUT2D eigenvalue weighted by Crippen LogP contribution is -2.51. The number of hydrogen-bond acceptors (Lipinski definition) is 3. The van der Waals surface area contributed by atoms with Crippen LogP contribution in [-0.2, 0) is 9.53 Å². The fourth-order valence-corrected chi connectivity index (χ4v) is 2.04. The highest BCUT2D eigenvalue weighted by Gasteiger charge is 2.42. The van der Waals surface area contributed by atoms with Crippen LogP contribution in [0.4, 0.5) is 0 Å². The highest BCUT2D eigenvalue weighted by atomic mass is 16.5. The fourth-order valence-electron chi connectivity index (χ4n) is 2.04. The molecule has 82 valence electrons. The van der Waals surface area contributed by atoms with Crippen molar-refractivity contribution in [3.8, 4) is 0 Å². The molecule has 4 heteroatoms. The Kier molecular flexibility index (Phi) is 3.50. The summed E-state index contributed by atoms with van der Waals surface area (Å²) in [5.41, 5.74) is -1.03. The van der Waals surface area contributed by atoms with E-state index in [1.807, 2.05) is 7.05 Å². The fraction of sp³-hybridized carbons (Fsp3) is 0.900. The number of aliphatic carboxylic acids is 1. The van der Waals surface area contributed by atoms with Crippen LogP contribution in [0.2, 0.25) is 0 Å². The maximum absolute atomic E-state index is 11.1. The van der Waals surface area contributed by atoms with Crippen molar-refractivity contribution in [2.75, 3.05) is 27.2 Å². The Bertz CT molecular complexity index is 219. The average molecular weight is 201 g/mol. The lowest BCUT2D eigenvalue weighted by Gasteiger charge is -2.38. The number of rotatable bonds is 3. The molecule has 1 rings (SSSR count). The van der Waals surface area contributed by atoms with E-state index >= 15 is 0 Å². The molecule has 1 aliphatic heterocycles. The Hall–Kier alpha value is -0.610. The van der Waals surface area contributed by atoms with Crippen molar-refractivity contribution in [2.24, 2.45) is 5.92 Å². The first-order valence-corrected chi connectivity index (χ1v) is 4.97. The Morgan fingerprint density at radius 1 is 1.64 bits per heavy atom. The first-order chi connectivity index (χ1) is 6.50. The van der Waals surface area contributed by atoms with Gasteiger partial charge in [-0.05, 0) is 33.4 Å². The Labute approximate surface area is 84.8 Å². The second kappa shape index (κ2) is 4.28. The van der Waals surface area contributed by atoms with Gasteiger partial charge in [0.2, 0.25) is 0 Å². The molecule has 0 radical (unpaired) electrons. The van der Waals surface area contributed by atoms with Crippen molar-refractivity contribution in [1.82, 2.24) is 4.90 Å². The SMILES string of the molecule is COC(C)(C(=O)O)C1CCCN(C)C1. The van der Waals surface area contributed by atoms with Gasteiger partial charge in [-0.3, -0.25) is 0 Å². The molecule has 0 aliphatic carbocycles. The zero-order valence-corrected chi connectivity index (χ0v) is 9.12. The zero-order valence-electron chi connectivity index (χ0n) is 9.12. The molecule has 1 N–H and O–H groups in total. The number of methoxy groups -OCH3 is 1. The largest absolute Gasteiger partial charge is 0.479 e. The van der Waals surface area contributed by atoms with Crippen molar-refractivity contribution in [1.29, 1.82) is 0 Å². The topological polar surface area (TPSA) is 49.8 Å². The van der Waals surface area contributed by atoms with Crippen LogP contribution in [0.1, 0.15) is 19.8 Å². The first kappa shape index (κ1) is 11.5. The van der Waals surface area contributed by atoms with E-state index in [9.17, 15) is 4.79 Å². The summed E-state index contributed by atoms with van der Waals surface area (Å²) in [7, 11) is 3.49. The van der Waals surface area contributed by atoms with Crippen LogP contribution >= 0.6 is 0 Å². The lowest BCUT2D eigenvalue weighted by molar-refractivity contribution is -0.169. The number of nitrogens with zero attached hydrogens (tertiary/aromatic N) is 1. The number of carboxylic acid groups (broad SMARTS) is 1. The van der Waals surface area contributed by atoms with E-state index in [2.05, 4.69) is 4.90 Å². The van der Waals surface area contributed by atoms with Gasteiger partial charge in [0, 0.05) is 19.6 Å². The standard InChI is InChI=1S/C10H19NO3/c1-10(14-3,9(12)13)8-5-4-6-11(2)7-8/h8H,4-7H2,1-3H3,(H,12,13). The normalized spacial score (nSPS) is 28.4. The van der Waals surface area contributed by atoms with Gasteiger partial charge in [0.25, 0.3) is 0 Å². The highest BCUT2D eigenvalue weighted by molar-refractivity contribution is 5.77. The summed E-state index contributed by atoms with van der Waals surface area (Å²) in [6.07, 6.45) is 1.98. The number of likely N-dealkylation sites (tertiary alicyclic amines) is 1. The minimum Gasteiger partial charge on any atom is -0.479 e. The molecule has 0 aromatic heterocycles. The number of hydrogen-bond donors (Lipinski definition) is 1. The maximum atomic E-state index is 11.1. The third-order valence-corrected chi connectivity index (χ3v) is 3.25. The van der Waals surface area contributed by atoms with Crippen molar-refractivity contribution in [3.63, 3.8) is 0 Å². The Balaban J connectivity index is 2.73. The van der Waals surface area contributed by atoms with E-state index < -0.39 is 11.6 Å². The van der Waals surface area contributed by atoms with Crippen molar-refractivity contribution >= 4 is 5.97 Å². The molecule has 1 heterocycles. The van der Waals surface area contributed by atoms with Gasteiger partial charge in [0.1, 0.15) is 0 Å². The molecule has 0 saturated carbocycles. The third-order valence-electron chi connectivity index (χ3n) is 3.25. The summed E-state index contributed by atoms with van der Waals surface area (Å²) in [6.45, 7) is 3.52. The predicted molar refractivity (Wildman–Crippen MR) is 53.3 cm³/mol. The summed E-state index contributed by atoms with van der Waals surface area (Å²) in [5.74, 6) is -0.774. The molecular formula is C10H19NO3. The molecule has 1 saturated heterocycles. The quantitative estimate of drug-likeness (QED) is 0.734. The second-order valence-electron chi connectivity index (χ2n) is 4.22. The van der Waals surface area contributed by atoms with E-state index in [0.29, 0.717) is 0 Å². The van der Waals surface area contributed by atoms with Crippen LogP contribution in [0.5, 0.6) is 0 Å². The van der Waals surface area contributed by atoms with Crippen LogP contribution in [0, 0.1) is 5.92 Å². The summed E-state index contributed by atoms with van der Waals surface area (Å²) in [4.78, 5) is 13.3. The van der Waals surface area contributed by atoms with Crippen LogP contribution in [0.15, 0.2) is 0 Å². The van der Waals surface area contributed by atoms with Crippen molar-refractivity contribution in [3.05, 3.63) is 0 Å². The van der Waals surface area contributed by atoms with E-state index in [1.165, 1.54) is 7.11 Å².